The van der Waals surface area contributed by atoms with E-state index in [-0.39, 0.29) is 11.6 Å². The van der Waals surface area contributed by atoms with Crippen molar-refractivity contribution in [3.63, 3.8) is 0 Å². The van der Waals surface area contributed by atoms with Crippen LogP contribution in [0.1, 0.15) is 18.2 Å². The Labute approximate surface area is 173 Å². The van der Waals surface area contributed by atoms with E-state index in [0.29, 0.717) is 23.6 Å². The fourth-order valence-corrected chi connectivity index (χ4v) is 3.92. The van der Waals surface area contributed by atoms with Gasteiger partial charge in [0, 0.05) is 10.6 Å². The molecule has 0 atom stereocenters. The number of hydrogen-bond donors (Lipinski definition) is 1. The van der Waals surface area contributed by atoms with E-state index in [0.717, 1.165) is 17.0 Å². The fourth-order valence-electron chi connectivity index (χ4n) is 3.16. The minimum atomic E-state index is -0.394. The second-order valence-electron chi connectivity index (χ2n) is 6.48. The van der Waals surface area contributed by atoms with Crippen molar-refractivity contribution in [3.8, 4) is 5.75 Å². The number of rotatable bonds is 7. The van der Waals surface area contributed by atoms with Crippen LogP contribution in [-0.4, -0.2) is 18.4 Å². The maximum atomic E-state index is 13.4. The van der Waals surface area contributed by atoms with Crippen LogP contribution in [0.3, 0.4) is 0 Å². The van der Waals surface area contributed by atoms with E-state index < -0.39 is 5.91 Å². The molecule has 1 aromatic heterocycles. The van der Waals surface area contributed by atoms with Gasteiger partial charge in [-0.1, -0.05) is 43.3 Å². The third-order valence-electron chi connectivity index (χ3n) is 4.46. The lowest BCUT2D eigenvalue weighted by Crippen LogP contribution is -2.32. The molecule has 0 bridgehead atoms. The number of nitrogens with one attached hydrogen (secondary N) is 1. The molecule has 0 fully saturated rings. The summed E-state index contributed by atoms with van der Waals surface area (Å²) in [4.78, 5) is 28.7. The van der Waals surface area contributed by atoms with Crippen LogP contribution in [0.2, 0.25) is 0 Å². The standard InChI is InChI=1S/C23H20N2O3S/c1-2-14-28-18-12-7-6-11-17(18)25-22(26)20(19-13-8-15-29-19)21(23(25)27)24-16-9-4-3-5-10-16/h3-13,15,24H,2,14H2,1H3. The van der Waals surface area contributed by atoms with E-state index >= 15 is 0 Å². The molecular formula is C23H20N2O3S. The van der Waals surface area contributed by atoms with Gasteiger partial charge in [0.05, 0.1) is 17.9 Å². The van der Waals surface area contributed by atoms with E-state index in [9.17, 15) is 9.59 Å². The second kappa shape index (κ2) is 8.32. The van der Waals surface area contributed by atoms with Crippen molar-refractivity contribution < 1.29 is 14.3 Å². The van der Waals surface area contributed by atoms with Crippen molar-refractivity contribution in [3.05, 3.63) is 82.7 Å². The van der Waals surface area contributed by atoms with Crippen LogP contribution in [-0.2, 0) is 9.59 Å². The molecule has 1 aliphatic rings. The molecule has 29 heavy (non-hydrogen) atoms. The SMILES string of the molecule is CCCOc1ccccc1N1C(=O)C(Nc2ccccc2)=C(c2cccs2)C1=O. The van der Waals surface area contributed by atoms with Gasteiger partial charge in [-0.05, 0) is 42.1 Å². The predicted molar refractivity (Wildman–Crippen MR) is 116 cm³/mol. The maximum Gasteiger partial charge on any atom is 0.282 e. The van der Waals surface area contributed by atoms with Crippen molar-refractivity contribution in [2.45, 2.75) is 13.3 Å². The van der Waals surface area contributed by atoms with Gasteiger partial charge in [-0.25, -0.2) is 4.90 Å². The lowest BCUT2D eigenvalue weighted by molar-refractivity contribution is -0.120. The molecule has 0 saturated heterocycles. The third kappa shape index (κ3) is 3.67. The second-order valence-corrected chi connectivity index (χ2v) is 7.43. The summed E-state index contributed by atoms with van der Waals surface area (Å²) < 4.78 is 5.79. The Morgan fingerprint density at radius 3 is 2.41 bits per heavy atom. The molecule has 0 aliphatic carbocycles. The lowest BCUT2D eigenvalue weighted by atomic mass is 10.2. The summed E-state index contributed by atoms with van der Waals surface area (Å²) in [6.45, 7) is 2.51. The van der Waals surface area contributed by atoms with Crippen LogP contribution < -0.4 is 15.0 Å². The number of anilines is 2. The van der Waals surface area contributed by atoms with Gasteiger partial charge >= 0.3 is 0 Å². The highest BCUT2D eigenvalue weighted by atomic mass is 32.1. The number of nitrogens with zero attached hydrogens (tertiary/aromatic N) is 1. The van der Waals surface area contributed by atoms with Gasteiger partial charge in [0.2, 0.25) is 0 Å². The van der Waals surface area contributed by atoms with Crippen LogP contribution in [0, 0.1) is 0 Å². The van der Waals surface area contributed by atoms with E-state index in [1.807, 2.05) is 60.8 Å². The minimum Gasteiger partial charge on any atom is -0.491 e. The molecule has 4 rings (SSSR count). The molecule has 3 aromatic rings. The summed E-state index contributed by atoms with van der Waals surface area (Å²) in [7, 11) is 0. The first-order valence-electron chi connectivity index (χ1n) is 9.41. The number of carbonyl (C=O) groups is 2. The lowest BCUT2D eigenvalue weighted by Gasteiger charge is -2.19. The Hall–Kier alpha value is -3.38. The van der Waals surface area contributed by atoms with Crippen LogP contribution in [0.15, 0.2) is 77.8 Å². The average Bonchev–Trinajstić information content (AvgIpc) is 3.35. The van der Waals surface area contributed by atoms with Crippen LogP contribution >= 0.6 is 11.3 Å². The van der Waals surface area contributed by atoms with Crippen molar-refractivity contribution in [1.82, 2.24) is 0 Å². The first-order chi connectivity index (χ1) is 14.2. The zero-order valence-electron chi connectivity index (χ0n) is 15.9. The summed E-state index contributed by atoms with van der Waals surface area (Å²) in [6.07, 6.45) is 0.829. The smallest absolute Gasteiger partial charge is 0.282 e. The molecule has 2 amide bonds. The topological polar surface area (TPSA) is 58.6 Å². The number of thiophene rings is 1. The van der Waals surface area contributed by atoms with Gasteiger partial charge in [-0.15, -0.1) is 11.3 Å². The normalized spacial score (nSPS) is 13.9. The monoisotopic (exact) mass is 404 g/mol. The number of benzene rings is 2. The number of hydrogen-bond acceptors (Lipinski definition) is 5. The summed E-state index contributed by atoms with van der Waals surface area (Å²) in [5.41, 5.74) is 1.85. The van der Waals surface area contributed by atoms with E-state index in [4.69, 9.17) is 4.74 Å². The number of carbonyl (C=O) groups excluding carboxylic acids is 2. The summed E-state index contributed by atoms with van der Waals surface area (Å²) in [5, 5.41) is 5.05. The third-order valence-corrected chi connectivity index (χ3v) is 5.35. The van der Waals surface area contributed by atoms with Gasteiger partial charge in [0.15, 0.2) is 0 Å². The molecule has 1 aliphatic heterocycles. The first kappa shape index (κ1) is 19.0. The van der Waals surface area contributed by atoms with E-state index in [1.54, 1.807) is 18.2 Å². The Balaban J connectivity index is 1.77. The highest BCUT2D eigenvalue weighted by Gasteiger charge is 2.41. The summed E-state index contributed by atoms with van der Waals surface area (Å²) >= 11 is 1.43. The number of para-hydroxylation sites is 3. The van der Waals surface area contributed by atoms with Crippen LogP contribution in [0.4, 0.5) is 11.4 Å². The summed E-state index contributed by atoms with van der Waals surface area (Å²) in [5.74, 6) is -0.235. The van der Waals surface area contributed by atoms with Crippen LogP contribution in [0.25, 0.3) is 5.57 Å². The molecule has 0 saturated carbocycles. The van der Waals surface area contributed by atoms with Gasteiger partial charge in [-0.3, -0.25) is 9.59 Å². The largest absolute Gasteiger partial charge is 0.491 e. The molecule has 1 N–H and O–H groups in total. The van der Waals surface area contributed by atoms with E-state index in [1.165, 1.54) is 16.2 Å². The Bertz CT molecular complexity index is 1060. The van der Waals surface area contributed by atoms with Gasteiger partial charge in [0.1, 0.15) is 11.4 Å². The molecular weight excluding hydrogens is 384 g/mol. The zero-order chi connectivity index (χ0) is 20.2. The van der Waals surface area contributed by atoms with E-state index in [2.05, 4.69) is 5.32 Å². The van der Waals surface area contributed by atoms with Crippen molar-refractivity contribution in [2.75, 3.05) is 16.8 Å². The fraction of sp³-hybridized carbons (Fsp3) is 0.130. The molecule has 0 spiro atoms. The van der Waals surface area contributed by atoms with Gasteiger partial charge < -0.3 is 10.1 Å². The number of ether oxygens (including phenoxy) is 1. The molecule has 2 heterocycles. The maximum absolute atomic E-state index is 13.4. The van der Waals surface area contributed by atoms with Crippen molar-refractivity contribution >= 4 is 40.1 Å². The molecule has 146 valence electrons. The van der Waals surface area contributed by atoms with Crippen LogP contribution in [0.5, 0.6) is 5.75 Å². The summed E-state index contributed by atoms with van der Waals surface area (Å²) in [6, 6.07) is 20.2. The zero-order valence-corrected chi connectivity index (χ0v) is 16.7. The quantitative estimate of drug-likeness (QED) is 0.567. The van der Waals surface area contributed by atoms with Gasteiger partial charge in [0.25, 0.3) is 11.8 Å². The van der Waals surface area contributed by atoms with Crippen molar-refractivity contribution in [1.29, 1.82) is 0 Å². The minimum absolute atomic E-state index is 0.272. The Morgan fingerprint density at radius 2 is 1.69 bits per heavy atom. The Morgan fingerprint density at radius 1 is 0.931 bits per heavy atom. The molecule has 0 unspecified atom stereocenters. The predicted octanol–water partition coefficient (Wildman–Crippen LogP) is 4.93. The highest BCUT2D eigenvalue weighted by Crippen LogP contribution is 2.38. The average molecular weight is 404 g/mol. The van der Waals surface area contributed by atoms with Crippen molar-refractivity contribution in [2.24, 2.45) is 0 Å². The molecule has 0 radical (unpaired) electrons. The number of imide groups is 1. The molecule has 5 nitrogen and oxygen atoms in total. The molecule has 6 heteroatoms. The Kier molecular flexibility index (Phi) is 5.44. The number of amides is 2. The van der Waals surface area contributed by atoms with Gasteiger partial charge in [-0.2, -0.15) is 0 Å². The molecule has 2 aromatic carbocycles. The highest BCUT2D eigenvalue weighted by molar-refractivity contribution is 7.11. The first-order valence-corrected chi connectivity index (χ1v) is 10.3.